The van der Waals surface area contributed by atoms with E-state index in [2.05, 4.69) is 16.0 Å². The number of benzene rings is 1. The zero-order chi connectivity index (χ0) is 21.1. The normalized spacial score (nSPS) is 17.9. The molecule has 2 aliphatic rings. The number of piperazine rings is 1. The van der Waals surface area contributed by atoms with Gasteiger partial charge in [0.15, 0.2) is 11.4 Å². The molecule has 2 aromatic rings. The molecule has 2 heterocycles. The molecule has 4 rings (SSSR count). The highest BCUT2D eigenvalue weighted by atomic mass is 16.4. The fourth-order valence-corrected chi connectivity index (χ4v) is 3.54. The highest BCUT2D eigenvalue weighted by Gasteiger charge is 2.51. The van der Waals surface area contributed by atoms with Gasteiger partial charge in [0.25, 0.3) is 5.91 Å². The van der Waals surface area contributed by atoms with Gasteiger partial charge in [0.05, 0.1) is 17.2 Å². The van der Waals surface area contributed by atoms with Crippen LogP contribution in [0.1, 0.15) is 34.5 Å². The molecule has 8 heteroatoms. The van der Waals surface area contributed by atoms with Crippen LogP contribution in [0.5, 0.6) is 0 Å². The molecule has 0 unspecified atom stereocenters. The van der Waals surface area contributed by atoms with Crippen LogP contribution < -0.4 is 0 Å². The van der Waals surface area contributed by atoms with Crippen LogP contribution in [0.4, 0.5) is 0 Å². The molecule has 0 spiro atoms. The average molecular weight is 403 g/mol. The second-order valence-corrected chi connectivity index (χ2v) is 7.42. The SMILES string of the molecule is N#Cc1ccccc1C(=O)N1CCN(C(=NC2(C(=O)O)CC2)c2ccccn2)CC1. The highest BCUT2D eigenvalue weighted by Crippen LogP contribution is 2.40. The van der Waals surface area contributed by atoms with Gasteiger partial charge in [-0.1, -0.05) is 18.2 Å². The Morgan fingerprint density at radius 3 is 2.30 bits per heavy atom. The summed E-state index contributed by atoms with van der Waals surface area (Å²) in [5.74, 6) is -0.537. The molecule has 1 aliphatic carbocycles. The summed E-state index contributed by atoms with van der Waals surface area (Å²) in [4.78, 5) is 37.2. The molecule has 1 saturated heterocycles. The van der Waals surface area contributed by atoms with Crippen LogP contribution in [0.15, 0.2) is 53.7 Å². The predicted molar refractivity (Wildman–Crippen MR) is 109 cm³/mol. The maximum atomic E-state index is 12.9. The van der Waals surface area contributed by atoms with E-state index in [4.69, 9.17) is 0 Å². The van der Waals surface area contributed by atoms with E-state index < -0.39 is 11.5 Å². The number of hydrogen-bond donors (Lipinski definition) is 1. The van der Waals surface area contributed by atoms with Gasteiger partial charge in [-0.05, 0) is 37.1 Å². The van der Waals surface area contributed by atoms with Gasteiger partial charge in [-0.3, -0.25) is 9.78 Å². The first-order chi connectivity index (χ1) is 14.5. The third-order valence-corrected chi connectivity index (χ3v) is 5.48. The average Bonchev–Trinajstić information content (AvgIpc) is 3.59. The Morgan fingerprint density at radius 1 is 1.03 bits per heavy atom. The van der Waals surface area contributed by atoms with Crippen molar-refractivity contribution < 1.29 is 14.7 Å². The molecule has 2 fully saturated rings. The lowest BCUT2D eigenvalue weighted by Gasteiger charge is -2.36. The van der Waals surface area contributed by atoms with Crippen molar-refractivity contribution in [3.8, 4) is 6.07 Å². The van der Waals surface area contributed by atoms with Crippen LogP contribution in [-0.4, -0.2) is 69.3 Å². The molecular formula is C22H21N5O3. The topological polar surface area (TPSA) is 110 Å². The van der Waals surface area contributed by atoms with Crippen LogP contribution in [0.3, 0.4) is 0 Å². The monoisotopic (exact) mass is 403 g/mol. The van der Waals surface area contributed by atoms with Gasteiger partial charge in [0.1, 0.15) is 5.69 Å². The van der Waals surface area contributed by atoms with E-state index in [-0.39, 0.29) is 5.91 Å². The first-order valence-electron chi connectivity index (χ1n) is 9.82. The third kappa shape index (κ3) is 3.74. The van der Waals surface area contributed by atoms with Gasteiger partial charge in [0.2, 0.25) is 0 Å². The number of nitriles is 1. The van der Waals surface area contributed by atoms with Crippen molar-refractivity contribution in [3.63, 3.8) is 0 Å². The van der Waals surface area contributed by atoms with Crippen LogP contribution in [0.2, 0.25) is 0 Å². The van der Waals surface area contributed by atoms with Crippen molar-refractivity contribution in [2.75, 3.05) is 26.2 Å². The molecule has 1 N–H and O–H groups in total. The molecule has 1 amide bonds. The van der Waals surface area contributed by atoms with Gasteiger partial charge in [0, 0.05) is 32.4 Å². The van der Waals surface area contributed by atoms with Gasteiger partial charge in [-0.25, -0.2) is 9.79 Å². The molecule has 8 nitrogen and oxygen atoms in total. The predicted octanol–water partition coefficient (Wildman–Crippen LogP) is 1.78. The van der Waals surface area contributed by atoms with E-state index in [0.29, 0.717) is 61.7 Å². The summed E-state index contributed by atoms with van der Waals surface area (Å²) in [6.45, 7) is 1.91. The minimum atomic E-state index is -1.06. The summed E-state index contributed by atoms with van der Waals surface area (Å²) in [5.41, 5.74) is 0.318. The zero-order valence-electron chi connectivity index (χ0n) is 16.4. The van der Waals surface area contributed by atoms with E-state index in [1.807, 2.05) is 17.0 Å². The Hall–Kier alpha value is -3.73. The number of carboxylic acids is 1. The van der Waals surface area contributed by atoms with Crippen molar-refractivity contribution in [1.82, 2.24) is 14.8 Å². The molecule has 1 aromatic heterocycles. The highest BCUT2D eigenvalue weighted by molar-refractivity contribution is 6.00. The number of aliphatic imine (C=N–C) groups is 1. The Balaban J connectivity index is 1.54. The standard InChI is InChI=1S/C22H21N5O3/c23-15-16-5-1-2-6-17(16)20(28)27-13-11-26(12-14-27)19(18-7-3-4-10-24-18)25-22(8-9-22)21(29)30/h1-7,10H,8-9,11-14H2,(H,29,30). The largest absolute Gasteiger partial charge is 0.479 e. The Bertz CT molecular complexity index is 1030. The van der Waals surface area contributed by atoms with Crippen LogP contribution in [-0.2, 0) is 4.79 Å². The molecular weight excluding hydrogens is 382 g/mol. The van der Waals surface area contributed by atoms with Gasteiger partial charge in [-0.15, -0.1) is 0 Å². The van der Waals surface area contributed by atoms with E-state index in [0.717, 1.165) is 0 Å². The lowest BCUT2D eigenvalue weighted by molar-refractivity contribution is -0.139. The van der Waals surface area contributed by atoms with Gasteiger partial charge in [-0.2, -0.15) is 5.26 Å². The molecule has 0 atom stereocenters. The van der Waals surface area contributed by atoms with Crippen molar-refractivity contribution in [2.45, 2.75) is 18.4 Å². The summed E-state index contributed by atoms with van der Waals surface area (Å²) in [6.07, 6.45) is 2.69. The Morgan fingerprint density at radius 2 is 1.70 bits per heavy atom. The molecule has 30 heavy (non-hydrogen) atoms. The molecule has 0 bridgehead atoms. The third-order valence-electron chi connectivity index (χ3n) is 5.48. The minimum Gasteiger partial charge on any atom is -0.479 e. The molecule has 152 valence electrons. The van der Waals surface area contributed by atoms with E-state index in [9.17, 15) is 20.0 Å². The molecule has 1 aromatic carbocycles. The fourth-order valence-electron chi connectivity index (χ4n) is 3.54. The number of carboxylic acid groups (broad SMARTS) is 1. The number of amidine groups is 1. The second-order valence-electron chi connectivity index (χ2n) is 7.42. The number of nitrogens with zero attached hydrogens (tertiary/aromatic N) is 5. The van der Waals surface area contributed by atoms with Crippen molar-refractivity contribution in [2.24, 2.45) is 4.99 Å². The van der Waals surface area contributed by atoms with Crippen LogP contribution in [0.25, 0.3) is 0 Å². The number of carbonyl (C=O) groups excluding carboxylic acids is 1. The summed E-state index contributed by atoms with van der Waals surface area (Å²) >= 11 is 0. The lowest BCUT2D eigenvalue weighted by Crippen LogP contribution is -2.51. The number of rotatable bonds is 4. The molecule has 1 aliphatic heterocycles. The fraction of sp³-hybridized carbons (Fsp3) is 0.318. The van der Waals surface area contributed by atoms with E-state index in [1.165, 1.54) is 0 Å². The van der Waals surface area contributed by atoms with Crippen LogP contribution >= 0.6 is 0 Å². The maximum absolute atomic E-state index is 12.9. The quantitative estimate of drug-likeness (QED) is 0.615. The summed E-state index contributed by atoms with van der Waals surface area (Å²) in [7, 11) is 0. The first-order valence-corrected chi connectivity index (χ1v) is 9.82. The first kappa shape index (κ1) is 19.6. The smallest absolute Gasteiger partial charge is 0.331 e. The number of aliphatic carboxylic acids is 1. The van der Waals surface area contributed by atoms with Gasteiger partial charge < -0.3 is 14.9 Å². The van der Waals surface area contributed by atoms with Crippen molar-refractivity contribution >= 4 is 17.7 Å². The number of pyridine rings is 1. The maximum Gasteiger partial charge on any atom is 0.331 e. The summed E-state index contributed by atoms with van der Waals surface area (Å²) in [6, 6.07) is 14.3. The Kier molecular flexibility index (Phi) is 5.19. The Labute approximate surface area is 174 Å². The number of aromatic nitrogens is 1. The zero-order valence-corrected chi connectivity index (χ0v) is 16.4. The minimum absolute atomic E-state index is 0.174. The van der Waals surface area contributed by atoms with Crippen molar-refractivity contribution in [1.29, 1.82) is 5.26 Å². The lowest BCUT2D eigenvalue weighted by atomic mass is 10.1. The summed E-state index contributed by atoms with van der Waals surface area (Å²) < 4.78 is 0. The number of hydrogen-bond acceptors (Lipinski definition) is 5. The number of amides is 1. The molecule has 1 saturated carbocycles. The van der Waals surface area contributed by atoms with E-state index in [1.54, 1.807) is 41.4 Å². The second kappa shape index (κ2) is 7.95. The van der Waals surface area contributed by atoms with E-state index >= 15 is 0 Å². The molecule has 0 radical (unpaired) electrons. The van der Waals surface area contributed by atoms with Crippen LogP contribution in [0, 0.1) is 11.3 Å². The summed E-state index contributed by atoms with van der Waals surface area (Å²) in [5, 5.41) is 18.8. The van der Waals surface area contributed by atoms with Crippen molar-refractivity contribution in [3.05, 3.63) is 65.5 Å². The number of carbonyl (C=O) groups is 2. The van der Waals surface area contributed by atoms with Gasteiger partial charge >= 0.3 is 5.97 Å².